The summed E-state index contributed by atoms with van der Waals surface area (Å²) in [5.74, 6) is -0.634. The summed E-state index contributed by atoms with van der Waals surface area (Å²) in [5.41, 5.74) is 2.51. The number of nitrogens with one attached hydrogen (secondary N) is 1. The summed E-state index contributed by atoms with van der Waals surface area (Å²) in [6, 6.07) is 13.1. The molecule has 148 valence electrons. The van der Waals surface area contributed by atoms with E-state index >= 15 is 0 Å². The summed E-state index contributed by atoms with van der Waals surface area (Å²) < 4.78 is 1.06. The molecule has 4 aromatic rings. The van der Waals surface area contributed by atoms with Crippen molar-refractivity contribution in [3.63, 3.8) is 0 Å². The van der Waals surface area contributed by atoms with Crippen LogP contribution in [0.15, 0.2) is 77.0 Å². The van der Waals surface area contributed by atoms with Crippen LogP contribution < -0.4 is 11.0 Å². The fourth-order valence-corrected chi connectivity index (χ4v) is 3.03. The van der Waals surface area contributed by atoms with Crippen molar-refractivity contribution in [2.75, 3.05) is 0 Å². The first-order valence-electron chi connectivity index (χ1n) is 8.78. The molecule has 0 unspecified atom stereocenters. The van der Waals surface area contributed by atoms with Crippen molar-refractivity contribution in [1.29, 1.82) is 0 Å². The number of aromatic nitrogens is 3. The summed E-state index contributed by atoms with van der Waals surface area (Å²) in [6.07, 6.45) is 5.61. The average Bonchev–Trinajstić information content (AvgIpc) is 2.78. The Balaban J connectivity index is 1.80. The van der Waals surface area contributed by atoms with Crippen molar-refractivity contribution in [3.8, 4) is 11.7 Å². The van der Waals surface area contributed by atoms with E-state index in [0.717, 1.165) is 4.57 Å². The van der Waals surface area contributed by atoms with E-state index in [0.29, 0.717) is 21.4 Å². The van der Waals surface area contributed by atoms with Crippen molar-refractivity contribution in [3.05, 3.63) is 93.6 Å². The molecule has 0 spiro atoms. The van der Waals surface area contributed by atoms with Crippen LogP contribution in [0.25, 0.3) is 16.6 Å². The number of hydrogen-bond acceptors (Lipinski definition) is 6. The highest BCUT2D eigenvalue weighted by Gasteiger charge is 2.17. The normalized spacial score (nSPS) is 11.1. The predicted molar refractivity (Wildman–Crippen MR) is 113 cm³/mol. The van der Waals surface area contributed by atoms with E-state index in [1.54, 1.807) is 48.7 Å². The average molecular weight is 420 g/mol. The summed E-state index contributed by atoms with van der Waals surface area (Å²) in [7, 11) is 0. The zero-order valence-electron chi connectivity index (χ0n) is 15.4. The number of amides is 1. The van der Waals surface area contributed by atoms with Crippen molar-refractivity contribution in [2.45, 2.75) is 0 Å². The SMILES string of the molecule is O=C(N/N=C/c1c(O)n(-c2ccc(Cl)cn2)c(=O)c2ccccc12)c1cccnc1. The third kappa shape index (κ3) is 3.63. The van der Waals surface area contributed by atoms with Gasteiger partial charge in [-0.05, 0) is 30.3 Å². The third-order valence-corrected chi connectivity index (χ3v) is 4.55. The lowest BCUT2D eigenvalue weighted by Crippen LogP contribution is -2.21. The molecule has 9 heteroatoms. The summed E-state index contributed by atoms with van der Waals surface area (Å²) in [5, 5.41) is 16.0. The molecule has 0 saturated heterocycles. The van der Waals surface area contributed by atoms with Crippen molar-refractivity contribution < 1.29 is 9.90 Å². The molecular weight excluding hydrogens is 406 g/mol. The predicted octanol–water partition coefficient (Wildman–Crippen LogP) is 2.90. The second-order valence-electron chi connectivity index (χ2n) is 6.20. The number of benzene rings is 1. The second kappa shape index (κ2) is 8.14. The van der Waals surface area contributed by atoms with E-state index in [2.05, 4.69) is 20.5 Å². The van der Waals surface area contributed by atoms with Crippen LogP contribution in [0.5, 0.6) is 5.88 Å². The lowest BCUT2D eigenvalue weighted by Gasteiger charge is -2.12. The Morgan fingerprint density at radius 2 is 1.90 bits per heavy atom. The smallest absolute Gasteiger partial charge is 0.272 e. The van der Waals surface area contributed by atoms with Crippen LogP contribution in [0.4, 0.5) is 0 Å². The van der Waals surface area contributed by atoms with Crippen LogP contribution in [0.2, 0.25) is 5.02 Å². The Morgan fingerprint density at radius 1 is 1.10 bits per heavy atom. The lowest BCUT2D eigenvalue weighted by molar-refractivity contribution is 0.0954. The number of hydrazone groups is 1. The fraction of sp³-hybridized carbons (Fsp3) is 0. The third-order valence-electron chi connectivity index (χ3n) is 4.33. The maximum atomic E-state index is 13.0. The zero-order chi connectivity index (χ0) is 21.1. The molecule has 30 heavy (non-hydrogen) atoms. The van der Waals surface area contributed by atoms with E-state index in [1.807, 2.05) is 0 Å². The van der Waals surface area contributed by atoms with Crippen LogP contribution in [0.3, 0.4) is 0 Å². The first-order valence-corrected chi connectivity index (χ1v) is 9.16. The largest absolute Gasteiger partial charge is 0.494 e. The van der Waals surface area contributed by atoms with Crippen LogP contribution >= 0.6 is 11.6 Å². The number of aromatic hydroxyl groups is 1. The van der Waals surface area contributed by atoms with Gasteiger partial charge in [-0.2, -0.15) is 5.10 Å². The van der Waals surface area contributed by atoms with Crippen LogP contribution in [0.1, 0.15) is 15.9 Å². The summed E-state index contributed by atoms with van der Waals surface area (Å²) >= 11 is 5.88. The Kier molecular flexibility index (Phi) is 5.23. The number of carbonyl (C=O) groups excluding carboxylic acids is 1. The van der Waals surface area contributed by atoms with E-state index in [9.17, 15) is 14.7 Å². The van der Waals surface area contributed by atoms with Crippen molar-refractivity contribution in [1.82, 2.24) is 20.0 Å². The zero-order valence-corrected chi connectivity index (χ0v) is 16.1. The molecule has 0 bridgehead atoms. The number of pyridine rings is 3. The van der Waals surface area contributed by atoms with E-state index in [-0.39, 0.29) is 17.3 Å². The van der Waals surface area contributed by atoms with Crippen molar-refractivity contribution in [2.24, 2.45) is 5.10 Å². The highest BCUT2D eigenvalue weighted by molar-refractivity contribution is 6.30. The van der Waals surface area contributed by atoms with Gasteiger partial charge in [0.15, 0.2) is 0 Å². The number of nitrogens with zero attached hydrogens (tertiary/aromatic N) is 4. The van der Waals surface area contributed by atoms with Gasteiger partial charge in [-0.3, -0.25) is 14.6 Å². The maximum Gasteiger partial charge on any atom is 0.272 e. The van der Waals surface area contributed by atoms with Gasteiger partial charge in [0, 0.05) is 29.4 Å². The Hall–Kier alpha value is -4.04. The molecule has 3 aromatic heterocycles. The summed E-state index contributed by atoms with van der Waals surface area (Å²) in [6.45, 7) is 0. The topological polar surface area (TPSA) is 109 Å². The molecule has 0 aliphatic carbocycles. The quantitative estimate of drug-likeness (QED) is 0.390. The van der Waals surface area contributed by atoms with E-state index < -0.39 is 11.5 Å². The molecular formula is C21H14ClN5O3. The molecule has 4 rings (SSSR count). The van der Waals surface area contributed by atoms with Crippen LogP contribution in [-0.4, -0.2) is 31.8 Å². The molecule has 3 heterocycles. The van der Waals surface area contributed by atoms with Gasteiger partial charge in [-0.15, -0.1) is 0 Å². The number of rotatable bonds is 4. The Labute approximate surface area is 175 Å². The molecule has 0 radical (unpaired) electrons. The molecule has 0 atom stereocenters. The van der Waals surface area contributed by atoms with Gasteiger partial charge >= 0.3 is 0 Å². The molecule has 0 aliphatic heterocycles. The van der Waals surface area contributed by atoms with Gasteiger partial charge in [0.05, 0.1) is 22.4 Å². The van der Waals surface area contributed by atoms with Gasteiger partial charge in [0.2, 0.25) is 5.88 Å². The highest BCUT2D eigenvalue weighted by Crippen LogP contribution is 2.25. The molecule has 2 N–H and O–H groups in total. The van der Waals surface area contributed by atoms with Gasteiger partial charge < -0.3 is 5.11 Å². The number of carbonyl (C=O) groups is 1. The molecule has 0 saturated carbocycles. The number of fused-ring (bicyclic) bond motifs is 1. The molecule has 1 aromatic carbocycles. The van der Waals surface area contributed by atoms with Gasteiger partial charge in [-0.25, -0.2) is 15.0 Å². The standard InChI is InChI=1S/C21H14ClN5O3/c22-14-7-8-18(24-11-14)27-20(29)16-6-2-1-5-15(16)17(21(27)30)12-25-26-19(28)13-4-3-9-23-10-13/h1-12,30H,(H,26,28)/b25-12+. The second-order valence-corrected chi connectivity index (χ2v) is 6.64. The summed E-state index contributed by atoms with van der Waals surface area (Å²) in [4.78, 5) is 33.1. The highest BCUT2D eigenvalue weighted by atomic mass is 35.5. The van der Waals surface area contributed by atoms with E-state index in [4.69, 9.17) is 11.6 Å². The molecule has 0 fully saturated rings. The molecule has 1 amide bonds. The lowest BCUT2D eigenvalue weighted by atomic mass is 10.1. The van der Waals surface area contributed by atoms with Gasteiger partial charge in [0.25, 0.3) is 11.5 Å². The molecule has 0 aliphatic rings. The number of hydrogen-bond donors (Lipinski definition) is 2. The van der Waals surface area contributed by atoms with Crippen molar-refractivity contribution >= 4 is 34.5 Å². The van der Waals surface area contributed by atoms with Gasteiger partial charge in [-0.1, -0.05) is 29.8 Å². The number of halogens is 1. The Morgan fingerprint density at radius 3 is 2.60 bits per heavy atom. The van der Waals surface area contributed by atoms with Crippen LogP contribution in [0, 0.1) is 0 Å². The minimum Gasteiger partial charge on any atom is -0.494 e. The first-order chi connectivity index (χ1) is 14.6. The Bertz CT molecular complexity index is 1320. The minimum atomic E-state index is -0.462. The minimum absolute atomic E-state index is 0.196. The maximum absolute atomic E-state index is 13.0. The molecule has 8 nitrogen and oxygen atoms in total. The first kappa shape index (κ1) is 19.3. The van der Waals surface area contributed by atoms with Gasteiger partial charge in [0.1, 0.15) is 5.82 Å². The van der Waals surface area contributed by atoms with Crippen LogP contribution in [-0.2, 0) is 0 Å². The monoisotopic (exact) mass is 419 g/mol. The van der Waals surface area contributed by atoms with E-state index in [1.165, 1.54) is 24.7 Å². The fourth-order valence-electron chi connectivity index (χ4n) is 2.92.